The lowest BCUT2D eigenvalue weighted by molar-refractivity contribution is 1.28. The minimum Gasteiger partial charge on any atom is -0.311 e. The topological polar surface area (TPSA) is 6.48 Å². The molecular formula is C48H36N2Si. The molecule has 0 amide bonds. The van der Waals surface area contributed by atoms with E-state index in [-0.39, 0.29) is 0 Å². The Morgan fingerprint density at radius 3 is 1.08 bits per heavy atom. The van der Waals surface area contributed by atoms with Crippen LogP contribution in [-0.4, -0.2) is 8.07 Å². The molecule has 0 saturated carbocycles. The summed E-state index contributed by atoms with van der Waals surface area (Å²) in [4.78, 5) is 4.89. The van der Waals surface area contributed by atoms with Crippen LogP contribution in [0.2, 0.25) is 0 Å². The first kappa shape index (κ1) is 30.6. The molecule has 3 heteroatoms. The molecule has 8 aromatic rings. The van der Waals surface area contributed by atoms with Gasteiger partial charge in [-0.25, -0.2) is 0 Å². The number of fused-ring (bicyclic) bond motifs is 3. The van der Waals surface area contributed by atoms with E-state index in [0.717, 1.165) is 22.7 Å². The normalized spacial score (nSPS) is 12.5. The van der Waals surface area contributed by atoms with Gasteiger partial charge >= 0.3 is 0 Å². The molecule has 8 aromatic carbocycles. The third-order valence-electron chi connectivity index (χ3n) is 10.1. The summed E-state index contributed by atoms with van der Waals surface area (Å²) in [6, 6.07) is 79.7. The number of anilines is 6. The lowest BCUT2D eigenvalue weighted by Crippen LogP contribution is -2.73. The molecule has 0 saturated heterocycles. The molecule has 51 heavy (non-hydrogen) atoms. The summed E-state index contributed by atoms with van der Waals surface area (Å²) in [6.07, 6.45) is 0. The molecule has 0 spiro atoms. The summed E-state index contributed by atoms with van der Waals surface area (Å²) >= 11 is 0. The first-order valence-electron chi connectivity index (χ1n) is 17.5. The van der Waals surface area contributed by atoms with Crippen molar-refractivity contribution in [3.8, 4) is 11.1 Å². The highest BCUT2D eigenvalue weighted by Crippen LogP contribution is 2.45. The van der Waals surface area contributed by atoms with E-state index in [1.54, 1.807) is 0 Å². The molecule has 0 fully saturated rings. The molecule has 1 heterocycles. The number of hydrogen-bond acceptors (Lipinski definition) is 2. The molecular weight excluding hydrogens is 633 g/mol. The summed E-state index contributed by atoms with van der Waals surface area (Å²) in [5.74, 6) is 0. The Kier molecular flexibility index (Phi) is 7.88. The van der Waals surface area contributed by atoms with Gasteiger partial charge in [-0.15, -0.1) is 0 Å². The van der Waals surface area contributed by atoms with Crippen LogP contribution in [0.4, 0.5) is 34.1 Å². The molecule has 0 unspecified atom stereocenters. The van der Waals surface area contributed by atoms with Crippen LogP contribution in [0.1, 0.15) is 0 Å². The van der Waals surface area contributed by atoms with Crippen molar-refractivity contribution < 1.29 is 0 Å². The standard InChI is InChI=1S/C48H36N2Si/c1-7-21-37(22-8-1)49(38-23-9-2-10-24-38)44-34-20-36-46-47(44)43-33-19-35-45(50(39-25-11-3-12-26-39)40-27-13-4-14-28-40)48(43)51(46,41-29-15-5-16-30-41)42-31-17-6-18-32-42/h1-36H. The van der Waals surface area contributed by atoms with Crippen LogP contribution in [0.15, 0.2) is 218 Å². The fourth-order valence-corrected chi connectivity index (χ4v) is 13.5. The summed E-state index contributed by atoms with van der Waals surface area (Å²) in [6.45, 7) is 0. The van der Waals surface area contributed by atoms with Crippen LogP contribution in [-0.2, 0) is 0 Å². The molecule has 1 aliphatic rings. The Bertz CT molecular complexity index is 2280. The van der Waals surface area contributed by atoms with Gasteiger partial charge in [-0.1, -0.05) is 158 Å². The Balaban J connectivity index is 1.44. The van der Waals surface area contributed by atoms with Crippen molar-refractivity contribution >= 4 is 62.9 Å². The lowest BCUT2D eigenvalue weighted by atomic mass is 10.0. The van der Waals surface area contributed by atoms with Crippen molar-refractivity contribution in [2.45, 2.75) is 0 Å². The highest BCUT2D eigenvalue weighted by atomic mass is 28.3. The summed E-state index contributed by atoms with van der Waals surface area (Å²) < 4.78 is 0. The van der Waals surface area contributed by atoms with Crippen LogP contribution in [0.3, 0.4) is 0 Å². The SMILES string of the molecule is c1ccc(N(c2ccccc2)c2cccc3c2-c2cccc(N(c4ccccc4)c4ccccc4)c2[Si]3(c2ccccc2)c2ccccc2)cc1. The van der Waals surface area contributed by atoms with Crippen molar-refractivity contribution in [2.24, 2.45) is 0 Å². The first-order chi connectivity index (χ1) is 25.4. The van der Waals surface area contributed by atoms with Gasteiger partial charge in [-0.2, -0.15) is 0 Å². The highest BCUT2D eigenvalue weighted by molar-refractivity contribution is 7.22. The van der Waals surface area contributed by atoms with E-state index in [1.807, 2.05) is 0 Å². The second-order valence-electron chi connectivity index (χ2n) is 12.9. The second-order valence-corrected chi connectivity index (χ2v) is 16.6. The number of benzene rings is 8. The lowest BCUT2D eigenvalue weighted by Gasteiger charge is -2.36. The zero-order valence-corrected chi connectivity index (χ0v) is 29.2. The molecule has 2 nitrogen and oxygen atoms in total. The molecule has 0 radical (unpaired) electrons. The van der Waals surface area contributed by atoms with E-state index in [4.69, 9.17) is 0 Å². The van der Waals surface area contributed by atoms with Crippen molar-refractivity contribution in [1.82, 2.24) is 0 Å². The van der Waals surface area contributed by atoms with Gasteiger partial charge in [0.15, 0.2) is 8.07 Å². The monoisotopic (exact) mass is 668 g/mol. The fraction of sp³-hybridized carbons (Fsp3) is 0. The molecule has 9 rings (SSSR count). The Morgan fingerprint density at radius 1 is 0.294 bits per heavy atom. The summed E-state index contributed by atoms with van der Waals surface area (Å²) in [7, 11) is -2.95. The fourth-order valence-electron chi connectivity index (χ4n) is 8.09. The van der Waals surface area contributed by atoms with Crippen molar-refractivity contribution in [2.75, 3.05) is 9.80 Å². The minimum atomic E-state index is -2.95. The van der Waals surface area contributed by atoms with Crippen molar-refractivity contribution in [1.29, 1.82) is 0 Å². The van der Waals surface area contributed by atoms with Crippen LogP contribution in [0.5, 0.6) is 0 Å². The van der Waals surface area contributed by atoms with Crippen molar-refractivity contribution in [3.05, 3.63) is 218 Å². The maximum absolute atomic E-state index is 2.95. The zero-order chi connectivity index (χ0) is 34.0. The van der Waals surface area contributed by atoms with E-state index in [1.165, 1.54) is 43.2 Å². The molecule has 242 valence electrons. The van der Waals surface area contributed by atoms with E-state index in [2.05, 4.69) is 228 Å². The zero-order valence-electron chi connectivity index (χ0n) is 28.2. The van der Waals surface area contributed by atoms with Gasteiger partial charge in [0.05, 0.1) is 5.69 Å². The second kappa shape index (κ2) is 13.1. The number of nitrogens with zero attached hydrogens (tertiary/aromatic N) is 2. The smallest absolute Gasteiger partial charge is 0.183 e. The van der Waals surface area contributed by atoms with Gasteiger partial charge in [0.1, 0.15) is 0 Å². The molecule has 0 atom stereocenters. The third-order valence-corrected chi connectivity index (χ3v) is 15.0. The summed E-state index contributed by atoms with van der Waals surface area (Å²) in [5, 5.41) is 5.54. The number of rotatable bonds is 8. The highest BCUT2D eigenvalue weighted by Gasteiger charge is 2.51. The van der Waals surface area contributed by atoms with Gasteiger partial charge in [0, 0.05) is 34.0 Å². The molecule has 0 aromatic heterocycles. The Hall–Kier alpha value is -6.42. The molecule has 0 N–H and O–H groups in total. The number of para-hydroxylation sites is 4. The minimum absolute atomic E-state index is 1.13. The number of hydrogen-bond donors (Lipinski definition) is 0. The van der Waals surface area contributed by atoms with Crippen LogP contribution in [0, 0.1) is 0 Å². The largest absolute Gasteiger partial charge is 0.311 e. The average molecular weight is 669 g/mol. The molecule has 0 bridgehead atoms. The van der Waals surface area contributed by atoms with Gasteiger partial charge in [0.2, 0.25) is 0 Å². The van der Waals surface area contributed by atoms with Crippen molar-refractivity contribution in [3.63, 3.8) is 0 Å². The molecule has 0 aliphatic carbocycles. The van der Waals surface area contributed by atoms with E-state index < -0.39 is 8.07 Å². The molecule has 1 aliphatic heterocycles. The van der Waals surface area contributed by atoms with E-state index in [0.29, 0.717) is 0 Å². The van der Waals surface area contributed by atoms with Gasteiger partial charge < -0.3 is 9.80 Å². The average Bonchev–Trinajstić information content (AvgIpc) is 3.53. The van der Waals surface area contributed by atoms with E-state index >= 15 is 0 Å². The van der Waals surface area contributed by atoms with Gasteiger partial charge in [-0.3, -0.25) is 0 Å². The Labute approximate surface area is 301 Å². The Morgan fingerprint density at radius 2 is 0.647 bits per heavy atom. The van der Waals surface area contributed by atoms with Gasteiger partial charge in [-0.05, 0) is 87.0 Å². The maximum atomic E-state index is 2.46. The maximum Gasteiger partial charge on any atom is 0.183 e. The predicted molar refractivity (Wildman–Crippen MR) is 218 cm³/mol. The van der Waals surface area contributed by atoms with Crippen LogP contribution < -0.4 is 30.5 Å². The first-order valence-corrected chi connectivity index (χ1v) is 19.5. The van der Waals surface area contributed by atoms with Gasteiger partial charge in [0.25, 0.3) is 0 Å². The van der Waals surface area contributed by atoms with Crippen LogP contribution in [0.25, 0.3) is 11.1 Å². The summed E-state index contributed by atoms with van der Waals surface area (Å²) in [5.41, 5.74) is 9.48. The third kappa shape index (κ3) is 5.10. The quantitative estimate of drug-likeness (QED) is 0.149. The predicted octanol–water partition coefficient (Wildman–Crippen LogP) is 9.98. The van der Waals surface area contributed by atoms with Crippen LogP contribution >= 0.6 is 0 Å². The van der Waals surface area contributed by atoms with E-state index in [9.17, 15) is 0 Å².